The van der Waals surface area contributed by atoms with Crippen molar-refractivity contribution in [2.75, 3.05) is 18.0 Å². The molecule has 15 heavy (non-hydrogen) atoms. The number of anilines is 1. The van der Waals surface area contributed by atoms with Gasteiger partial charge in [-0.15, -0.1) is 0 Å². The van der Waals surface area contributed by atoms with E-state index >= 15 is 0 Å². The second kappa shape index (κ2) is 5.66. The highest BCUT2D eigenvalue weighted by Gasteiger charge is 2.08. The number of rotatable bonds is 5. The Hall–Kier alpha value is -1.16. The van der Waals surface area contributed by atoms with Crippen molar-refractivity contribution in [3.63, 3.8) is 0 Å². The van der Waals surface area contributed by atoms with Gasteiger partial charge in [0.1, 0.15) is 5.82 Å². The maximum absolute atomic E-state index is 8.98. The fraction of sp³-hybridized carbons (Fsp3) is 0.636. The van der Waals surface area contributed by atoms with Crippen LogP contribution in [0, 0.1) is 5.92 Å². The summed E-state index contributed by atoms with van der Waals surface area (Å²) in [4.78, 5) is 10.6. The standard InChI is InChI=1S/C11H19N3O/c1-4-14(7-9(2)3)11-6-12-5-10(8-15)13-11/h5-6,9,15H,4,7-8H2,1-3H3. The Morgan fingerprint density at radius 2 is 2.13 bits per heavy atom. The molecule has 0 aromatic carbocycles. The van der Waals surface area contributed by atoms with E-state index in [0.29, 0.717) is 11.6 Å². The van der Waals surface area contributed by atoms with E-state index in [1.54, 1.807) is 12.4 Å². The Labute approximate surface area is 91.0 Å². The summed E-state index contributed by atoms with van der Waals surface area (Å²) in [5, 5.41) is 8.98. The number of aliphatic hydroxyl groups is 1. The molecule has 0 aliphatic carbocycles. The van der Waals surface area contributed by atoms with Gasteiger partial charge in [0, 0.05) is 13.1 Å². The second-order valence-electron chi connectivity index (χ2n) is 3.96. The second-order valence-corrected chi connectivity index (χ2v) is 3.96. The highest BCUT2D eigenvalue weighted by molar-refractivity contribution is 5.35. The summed E-state index contributed by atoms with van der Waals surface area (Å²) in [6.45, 7) is 8.25. The maximum Gasteiger partial charge on any atom is 0.147 e. The smallest absolute Gasteiger partial charge is 0.147 e. The van der Waals surface area contributed by atoms with E-state index in [0.717, 1.165) is 18.9 Å². The van der Waals surface area contributed by atoms with Gasteiger partial charge in [-0.3, -0.25) is 4.98 Å². The molecule has 0 aliphatic heterocycles. The Balaban J connectivity index is 2.81. The van der Waals surface area contributed by atoms with Crippen molar-refractivity contribution in [2.24, 2.45) is 5.92 Å². The lowest BCUT2D eigenvalue weighted by atomic mass is 10.2. The lowest BCUT2D eigenvalue weighted by Crippen LogP contribution is -2.28. The van der Waals surface area contributed by atoms with Crippen molar-refractivity contribution < 1.29 is 5.11 Å². The molecular formula is C11H19N3O. The predicted octanol–water partition coefficient (Wildman–Crippen LogP) is 1.45. The summed E-state index contributed by atoms with van der Waals surface area (Å²) < 4.78 is 0. The van der Waals surface area contributed by atoms with Crippen LogP contribution in [0.15, 0.2) is 12.4 Å². The van der Waals surface area contributed by atoms with Crippen LogP contribution in [-0.4, -0.2) is 28.2 Å². The first kappa shape index (κ1) is 11.9. The van der Waals surface area contributed by atoms with Gasteiger partial charge in [-0.1, -0.05) is 13.8 Å². The van der Waals surface area contributed by atoms with Gasteiger partial charge < -0.3 is 10.0 Å². The van der Waals surface area contributed by atoms with Crippen molar-refractivity contribution in [3.05, 3.63) is 18.1 Å². The summed E-state index contributed by atoms with van der Waals surface area (Å²) in [5.41, 5.74) is 0.620. The third kappa shape index (κ3) is 3.47. The first-order chi connectivity index (χ1) is 7.17. The van der Waals surface area contributed by atoms with Crippen molar-refractivity contribution in [1.29, 1.82) is 0 Å². The zero-order valence-corrected chi connectivity index (χ0v) is 9.64. The van der Waals surface area contributed by atoms with E-state index < -0.39 is 0 Å². The zero-order chi connectivity index (χ0) is 11.3. The van der Waals surface area contributed by atoms with Crippen LogP contribution in [0.2, 0.25) is 0 Å². The van der Waals surface area contributed by atoms with Crippen LogP contribution >= 0.6 is 0 Å². The Morgan fingerprint density at radius 1 is 1.40 bits per heavy atom. The van der Waals surface area contributed by atoms with Gasteiger partial charge in [0.15, 0.2) is 0 Å². The highest BCUT2D eigenvalue weighted by Crippen LogP contribution is 2.11. The molecule has 0 amide bonds. The average Bonchev–Trinajstić information content (AvgIpc) is 2.25. The van der Waals surface area contributed by atoms with Crippen LogP contribution in [0.3, 0.4) is 0 Å². The number of hydrogen-bond donors (Lipinski definition) is 1. The van der Waals surface area contributed by atoms with Gasteiger partial charge in [0.05, 0.1) is 24.7 Å². The van der Waals surface area contributed by atoms with Crippen LogP contribution in [0.4, 0.5) is 5.82 Å². The van der Waals surface area contributed by atoms with Gasteiger partial charge >= 0.3 is 0 Å². The van der Waals surface area contributed by atoms with Crippen LogP contribution < -0.4 is 4.90 Å². The molecule has 0 spiro atoms. The van der Waals surface area contributed by atoms with Crippen molar-refractivity contribution in [1.82, 2.24) is 9.97 Å². The van der Waals surface area contributed by atoms with Crippen LogP contribution in [0.1, 0.15) is 26.5 Å². The fourth-order valence-electron chi connectivity index (χ4n) is 1.45. The zero-order valence-electron chi connectivity index (χ0n) is 9.64. The third-order valence-corrected chi connectivity index (χ3v) is 2.12. The first-order valence-electron chi connectivity index (χ1n) is 5.34. The topological polar surface area (TPSA) is 49.2 Å². The number of aliphatic hydroxyl groups excluding tert-OH is 1. The lowest BCUT2D eigenvalue weighted by Gasteiger charge is -2.23. The van der Waals surface area contributed by atoms with E-state index in [1.807, 2.05) is 0 Å². The van der Waals surface area contributed by atoms with Crippen LogP contribution in [0.25, 0.3) is 0 Å². The first-order valence-corrected chi connectivity index (χ1v) is 5.34. The predicted molar refractivity (Wildman–Crippen MR) is 60.7 cm³/mol. The SMILES string of the molecule is CCN(CC(C)C)c1cncc(CO)n1. The largest absolute Gasteiger partial charge is 0.390 e. The fourth-order valence-corrected chi connectivity index (χ4v) is 1.45. The summed E-state index contributed by atoms with van der Waals surface area (Å²) in [6, 6.07) is 0. The van der Waals surface area contributed by atoms with Crippen molar-refractivity contribution in [3.8, 4) is 0 Å². The molecule has 0 radical (unpaired) electrons. The van der Waals surface area contributed by atoms with Crippen molar-refractivity contribution >= 4 is 5.82 Å². The summed E-state index contributed by atoms with van der Waals surface area (Å²) in [5.74, 6) is 1.43. The summed E-state index contributed by atoms with van der Waals surface area (Å²) >= 11 is 0. The molecule has 1 aromatic rings. The minimum Gasteiger partial charge on any atom is -0.390 e. The van der Waals surface area contributed by atoms with E-state index in [9.17, 15) is 0 Å². The molecule has 1 N–H and O–H groups in total. The van der Waals surface area contributed by atoms with Gasteiger partial charge in [-0.05, 0) is 12.8 Å². The molecule has 0 fully saturated rings. The van der Waals surface area contributed by atoms with Crippen molar-refractivity contribution in [2.45, 2.75) is 27.4 Å². The molecule has 0 saturated heterocycles. The quantitative estimate of drug-likeness (QED) is 0.797. The Morgan fingerprint density at radius 3 is 2.67 bits per heavy atom. The molecule has 0 bridgehead atoms. The molecule has 0 saturated carbocycles. The molecule has 84 valence electrons. The number of nitrogens with zero attached hydrogens (tertiary/aromatic N) is 3. The number of hydrogen-bond acceptors (Lipinski definition) is 4. The van der Waals surface area contributed by atoms with E-state index in [2.05, 4.69) is 35.6 Å². The molecular weight excluding hydrogens is 190 g/mol. The molecule has 0 unspecified atom stereocenters. The van der Waals surface area contributed by atoms with E-state index in [4.69, 9.17) is 5.11 Å². The van der Waals surface area contributed by atoms with Gasteiger partial charge in [0.2, 0.25) is 0 Å². The van der Waals surface area contributed by atoms with Gasteiger partial charge in [0.25, 0.3) is 0 Å². The molecule has 1 rings (SSSR count). The molecule has 4 nitrogen and oxygen atoms in total. The monoisotopic (exact) mass is 209 g/mol. The molecule has 1 heterocycles. The Bertz CT molecular complexity index is 302. The summed E-state index contributed by atoms with van der Waals surface area (Å²) in [6.07, 6.45) is 3.33. The Kier molecular flexibility index (Phi) is 4.49. The van der Waals surface area contributed by atoms with Crippen LogP contribution in [-0.2, 0) is 6.61 Å². The molecule has 0 atom stereocenters. The van der Waals surface area contributed by atoms with E-state index in [-0.39, 0.29) is 6.61 Å². The third-order valence-electron chi connectivity index (χ3n) is 2.12. The molecule has 0 aliphatic rings. The minimum atomic E-state index is -0.0555. The lowest BCUT2D eigenvalue weighted by molar-refractivity contribution is 0.276. The maximum atomic E-state index is 8.98. The molecule has 1 aromatic heterocycles. The average molecular weight is 209 g/mol. The van der Waals surface area contributed by atoms with Gasteiger partial charge in [-0.2, -0.15) is 0 Å². The summed E-state index contributed by atoms with van der Waals surface area (Å²) in [7, 11) is 0. The number of aromatic nitrogens is 2. The van der Waals surface area contributed by atoms with E-state index in [1.165, 1.54) is 0 Å². The van der Waals surface area contributed by atoms with Gasteiger partial charge in [-0.25, -0.2) is 4.98 Å². The normalized spacial score (nSPS) is 10.7. The van der Waals surface area contributed by atoms with Crippen LogP contribution in [0.5, 0.6) is 0 Å². The molecule has 4 heteroatoms. The highest BCUT2D eigenvalue weighted by atomic mass is 16.3. The minimum absolute atomic E-state index is 0.0555.